The van der Waals surface area contributed by atoms with Crippen LogP contribution in [0.4, 0.5) is 5.69 Å². The number of terminal acetylenes is 1. The lowest BCUT2D eigenvalue weighted by atomic mass is 10.2. The van der Waals surface area contributed by atoms with Crippen LogP contribution in [0.2, 0.25) is 0 Å². The summed E-state index contributed by atoms with van der Waals surface area (Å²) in [6, 6.07) is 7.07. The van der Waals surface area contributed by atoms with E-state index in [1.165, 1.54) is 0 Å². The zero-order valence-corrected chi connectivity index (χ0v) is 9.98. The normalized spacial score (nSPS) is 14.4. The molecular formula is C14H14N2O2. The number of benzene rings is 1. The van der Waals surface area contributed by atoms with Gasteiger partial charge in [-0.1, -0.05) is 12.0 Å². The highest BCUT2D eigenvalue weighted by atomic mass is 16.2. The van der Waals surface area contributed by atoms with Gasteiger partial charge in [0, 0.05) is 24.2 Å². The van der Waals surface area contributed by atoms with Crippen molar-refractivity contribution in [1.29, 1.82) is 0 Å². The summed E-state index contributed by atoms with van der Waals surface area (Å²) in [6.07, 6.45) is 6.66. The molecule has 0 aromatic heterocycles. The largest absolute Gasteiger partial charge is 0.333 e. The summed E-state index contributed by atoms with van der Waals surface area (Å²) in [5, 5.41) is 2.74. The van der Waals surface area contributed by atoms with Crippen molar-refractivity contribution in [3.05, 3.63) is 29.8 Å². The maximum atomic E-state index is 11.8. The van der Waals surface area contributed by atoms with Crippen LogP contribution in [-0.2, 0) is 9.59 Å². The molecule has 0 saturated carbocycles. The molecule has 1 saturated heterocycles. The topological polar surface area (TPSA) is 49.4 Å². The minimum atomic E-state index is -0.195. The van der Waals surface area contributed by atoms with Gasteiger partial charge in [0.25, 0.3) is 0 Å². The lowest BCUT2D eigenvalue weighted by Gasteiger charge is -2.14. The average Bonchev–Trinajstić information content (AvgIpc) is 2.75. The van der Waals surface area contributed by atoms with E-state index in [0.717, 1.165) is 6.42 Å². The highest BCUT2D eigenvalue weighted by molar-refractivity contribution is 5.95. The number of carbonyl (C=O) groups is 2. The van der Waals surface area contributed by atoms with Gasteiger partial charge in [0.2, 0.25) is 11.8 Å². The van der Waals surface area contributed by atoms with Crippen molar-refractivity contribution in [2.75, 3.05) is 18.4 Å². The van der Waals surface area contributed by atoms with E-state index in [1.807, 2.05) is 0 Å². The van der Waals surface area contributed by atoms with E-state index in [4.69, 9.17) is 6.42 Å². The average molecular weight is 242 g/mol. The number of likely N-dealkylation sites (tertiary alicyclic amines) is 1. The van der Waals surface area contributed by atoms with Gasteiger partial charge in [-0.2, -0.15) is 0 Å². The van der Waals surface area contributed by atoms with Gasteiger partial charge in [0.15, 0.2) is 0 Å². The Hall–Kier alpha value is -2.28. The lowest BCUT2D eigenvalue weighted by Crippen LogP contribution is -2.33. The van der Waals surface area contributed by atoms with E-state index in [1.54, 1.807) is 29.2 Å². The molecule has 2 amide bonds. The SMILES string of the molecule is C#Cc1cccc(NC(=O)CN2CCCC2=O)c1. The molecule has 4 heteroatoms. The molecule has 18 heavy (non-hydrogen) atoms. The highest BCUT2D eigenvalue weighted by Crippen LogP contribution is 2.12. The Morgan fingerprint density at radius 1 is 1.50 bits per heavy atom. The molecule has 4 nitrogen and oxygen atoms in total. The van der Waals surface area contributed by atoms with Gasteiger partial charge in [0.05, 0.1) is 6.54 Å². The molecule has 1 aliphatic heterocycles. The fourth-order valence-electron chi connectivity index (χ4n) is 1.93. The maximum absolute atomic E-state index is 11.8. The minimum Gasteiger partial charge on any atom is -0.333 e. The molecule has 1 heterocycles. The van der Waals surface area contributed by atoms with Gasteiger partial charge in [-0.15, -0.1) is 6.42 Å². The monoisotopic (exact) mass is 242 g/mol. The number of nitrogens with zero attached hydrogens (tertiary/aromatic N) is 1. The number of nitrogens with one attached hydrogen (secondary N) is 1. The van der Waals surface area contributed by atoms with E-state index < -0.39 is 0 Å². The summed E-state index contributed by atoms with van der Waals surface area (Å²) in [4.78, 5) is 24.7. The van der Waals surface area contributed by atoms with E-state index in [2.05, 4.69) is 11.2 Å². The van der Waals surface area contributed by atoms with Crippen LogP contribution in [0.1, 0.15) is 18.4 Å². The summed E-state index contributed by atoms with van der Waals surface area (Å²) >= 11 is 0. The molecular weight excluding hydrogens is 228 g/mol. The van der Waals surface area contributed by atoms with Crippen LogP contribution >= 0.6 is 0 Å². The van der Waals surface area contributed by atoms with Gasteiger partial charge in [0.1, 0.15) is 0 Å². The van der Waals surface area contributed by atoms with Crippen LogP contribution < -0.4 is 5.32 Å². The number of hydrogen-bond acceptors (Lipinski definition) is 2. The Balaban J connectivity index is 1.94. The Bertz CT molecular complexity index is 517. The first-order valence-electron chi connectivity index (χ1n) is 5.83. The van der Waals surface area contributed by atoms with Gasteiger partial charge in [-0.3, -0.25) is 9.59 Å². The molecule has 1 aromatic rings. The third-order valence-corrected chi connectivity index (χ3v) is 2.82. The van der Waals surface area contributed by atoms with Crippen molar-refractivity contribution in [2.45, 2.75) is 12.8 Å². The van der Waals surface area contributed by atoms with Crippen LogP contribution in [0, 0.1) is 12.3 Å². The molecule has 1 aliphatic rings. The van der Waals surface area contributed by atoms with E-state index in [9.17, 15) is 9.59 Å². The maximum Gasteiger partial charge on any atom is 0.243 e. The van der Waals surface area contributed by atoms with Gasteiger partial charge in [-0.25, -0.2) is 0 Å². The molecule has 0 bridgehead atoms. The van der Waals surface area contributed by atoms with E-state index >= 15 is 0 Å². The molecule has 0 spiro atoms. The van der Waals surface area contributed by atoms with Crippen molar-refractivity contribution in [2.24, 2.45) is 0 Å². The zero-order valence-electron chi connectivity index (χ0n) is 9.98. The van der Waals surface area contributed by atoms with Crippen LogP contribution in [0.3, 0.4) is 0 Å². The standard InChI is InChI=1S/C14H14N2O2/c1-2-11-5-3-6-12(9-11)15-13(17)10-16-8-4-7-14(16)18/h1,3,5-6,9H,4,7-8,10H2,(H,15,17). The predicted molar refractivity (Wildman–Crippen MR) is 68.8 cm³/mol. The first-order valence-corrected chi connectivity index (χ1v) is 5.83. The first-order chi connectivity index (χ1) is 8.69. The Kier molecular flexibility index (Phi) is 3.63. The number of anilines is 1. The minimum absolute atomic E-state index is 0.0440. The quantitative estimate of drug-likeness (QED) is 0.810. The predicted octanol–water partition coefficient (Wildman–Crippen LogP) is 1.23. The fraction of sp³-hybridized carbons (Fsp3) is 0.286. The molecule has 1 aromatic carbocycles. The lowest BCUT2D eigenvalue weighted by molar-refractivity contribution is -0.131. The summed E-state index contributed by atoms with van der Waals surface area (Å²) in [5.41, 5.74) is 1.37. The number of amides is 2. The summed E-state index contributed by atoms with van der Waals surface area (Å²) in [6.45, 7) is 0.774. The van der Waals surface area contributed by atoms with Crippen molar-refractivity contribution in [3.8, 4) is 12.3 Å². The van der Waals surface area contributed by atoms with Crippen LogP contribution in [0.15, 0.2) is 24.3 Å². The van der Waals surface area contributed by atoms with E-state index in [-0.39, 0.29) is 18.4 Å². The highest BCUT2D eigenvalue weighted by Gasteiger charge is 2.22. The van der Waals surface area contributed by atoms with Crippen LogP contribution in [-0.4, -0.2) is 29.8 Å². The molecule has 0 radical (unpaired) electrons. The Labute approximate surface area is 106 Å². The molecule has 92 valence electrons. The third-order valence-electron chi connectivity index (χ3n) is 2.82. The second kappa shape index (κ2) is 5.37. The molecule has 2 rings (SSSR count). The van der Waals surface area contributed by atoms with Crippen LogP contribution in [0.5, 0.6) is 0 Å². The van der Waals surface area contributed by atoms with E-state index in [0.29, 0.717) is 24.2 Å². The van der Waals surface area contributed by atoms with Gasteiger partial charge in [-0.05, 0) is 24.6 Å². The summed E-state index contributed by atoms with van der Waals surface area (Å²) in [5.74, 6) is 2.35. The van der Waals surface area contributed by atoms with Crippen LogP contribution in [0.25, 0.3) is 0 Å². The second-order valence-electron chi connectivity index (χ2n) is 4.19. The summed E-state index contributed by atoms with van der Waals surface area (Å²) in [7, 11) is 0. The molecule has 1 fully saturated rings. The number of rotatable bonds is 3. The Morgan fingerprint density at radius 3 is 3.00 bits per heavy atom. The molecule has 1 N–H and O–H groups in total. The van der Waals surface area contributed by atoms with Gasteiger partial charge < -0.3 is 10.2 Å². The number of carbonyl (C=O) groups excluding carboxylic acids is 2. The first kappa shape index (κ1) is 12.2. The number of hydrogen-bond donors (Lipinski definition) is 1. The van der Waals surface area contributed by atoms with Crippen molar-refractivity contribution in [1.82, 2.24) is 4.90 Å². The fourth-order valence-corrected chi connectivity index (χ4v) is 1.93. The van der Waals surface area contributed by atoms with Crippen molar-refractivity contribution < 1.29 is 9.59 Å². The molecule has 0 unspecified atom stereocenters. The second-order valence-corrected chi connectivity index (χ2v) is 4.19. The smallest absolute Gasteiger partial charge is 0.243 e. The summed E-state index contributed by atoms with van der Waals surface area (Å²) < 4.78 is 0. The van der Waals surface area contributed by atoms with Crippen molar-refractivity contribution in [3.63, 3.8) is 0 Å². The molecule has 0 aliphatic carbocycles. The van der Waals surface area contributed by atoms with Gasteiger partial charge >= 0.3 is 0 Å². The molecule has 0 atom stereocenters. The third kappa shape index (κ3) is 2.89. The zero-order chi connectivity index (χ0) is 13.0. The Morgan fingerprint density at radius 2 is 2.33 bits per heavy atom. The van der Waals surface area contributed by atoms with Crippen molar-refractivity contribution >= 4 is 17.5 Å².